The van der Waals surface area contributed by atoms with Crippen molar-refractivity contribution in [3.8, 4) is 5.69 Å². The van der Waals surface area contributed by atoms with Crippen molar-refractivity contribution in [3.05, 3.63) is 87.3 Å². The minimum Gasteiger partial charge on any atom is -0.325 e. The van der Waals surface area contributed by atoms with E-state index in [-0.39, 0.29) is 18.0 Å². The third kappa shape index (κ3) is 4.08. The highest BCUT2D eigenvalue weighted by atomic mass is 16.2. The van der Waals surface area contributed by atoms with Crippen molar-refractivity contribution in [2.45, 2.75) is 47.1 Å². The minimum absolute atomic E-state index is 0.0906. The highest BCUT2D eigenvalue weighted by Crippen LogP contribution is 2.25. The Morgan fingerprint density at radius 3 is 2.44 bits per heavy atom. The largest absolute Gasteiger partial charge is 0.325 e. The van der Waals surface area contributed by atoms with Gasteiger partial charge in [0.25, 0.3) is 5.56 Å². The van der Waals surface area contributed by atoms with Crippen LogP contribution in [0.3, 0.4) is 0 Å². The molecule has 0 aliphatic rings. The second kappa shape index (κ2) is 8.83. The molecular formula is C26H28N4O2. The Balaban J connectivity index is 1.81. The van der Waals surface area contributed by atoms with Gasteiger partial charge in [-0.25, -0.2) is 4.68 Å². The molecule has 1 amide bonds. The van der Waals surface area contributed by atoms with Crippen LogP contribution in [0.5, 0.6) is 0 Å². The number of pyridine rings is 1. The molecule has 0 bridgehead atoms. The Morgan fingerprint density at radius 2 is 1.75 bits per heavy atom. The number of carbonyl (C=O) groups excluding carboxylic acids is 1. The summed E-state index contributed by atoms with van der Waals surface area (Å²) in [5.41, 5.74) is 6.08. The van der Waals surface area contributed by atoms with E-state index in [4.69, 9.17) is 5.10 Å². The lowest BCUT2D eigenvalue weighted by Crippen LogP contribution is -2.29. The Bertz CT molecular complexity index is 1350. The Hall–Kier alpha value is -3.67. The number of aryl methyl sites for hydroxylation is 4. The lowest BCUT2D eigenvalue weighted by molar-refractivity contribution is -0.116. The van der Waals surface area contributed by atoms with Crippen molar-refractivity contribution in [1.82, 2.24) is 14.3 Å². The molecule has 0 saturated heterocycles. The lowest BCUT2D eigenvalue weighted by atomic mass is 10.1. The number of carbonyl (C=O) groups is 1. The fourth-order valence-electron chi connectivity index (χ4n) is 4.05. The third-order valence-corrected chi connectivity index (χ3v) is 5.76. The van der Waals surface area contributed by atoms with Crippen LogP contribution in [0.15, 0.2) is 59.4 Å². The average molecular weight is 429 g/mol. The van der Waals surface area contributed by atoms with Crippen LogP contribution in [-0.4, -0.2) is 20.3 Å². The van der Waals surface area contributed by atoms with E-state index >= 15 is 0 Å². The number of hydrogen-bond acceptors (Lipinski definition) is 3. The molecule has 2 heterocycles. The zero-order valence-corrected chi connectivity index (χ0v) is 19.0. The molecule has 0 spiro atoms. The number of hydrogen-bond donors (Lipinski definition) is 1. The molecule has 1 N–H and O–H groups in total. The number of benzene rings is 2. The van der Waals surface area contributed by atoms with Gasteiger partial charge in [0.2, 0.25) is 5.91 Å². The second-order valence-corrected chi connectivity index (χ2v) is 8.08. The van der Waals surface area contributed by atoms with Gasteiger partial charge in [-0.15, -0.1) is 0 Å². The summed E-state index contributed by atoms with van der Waals surface area (Å²) in [7, 11) is 0. The molecule has 4 aromatic rings. The molecule has 2 aromatic heterocycles. The summed E-state index contributed by atoms with van der Waals surface area (Å²) < 4.78 is 3.29. The van der Waals surface area contributed by atoms with Crippen LogP contribution in [0.1, 0.15) is 36.2 Å². The van der Waals surface area contributed by atoms with Gasteiger partial charge in [-0.3, -0.25) is 14.2 Å². The fourth-order valence-corrected chi connectivity index (χ4v) is 4.05. The Morgan fingerprint density at radius 1 is 1.00 bits per heavy atom. The zero-order valence-electron chi connectivity index (χ0n) is 19.0. The summed E-state index contributed by atoms with van der Waals surface area (Å²) in [4.78, 5) is 26.0. The molecule has 0 aliphatic carbocycles. The van der Waals surface area contributed by atoms with Gasteiger partial charge in [-0.2, -0.15) is 5.10 Å². The average Bonchev–Trinajstić information content (AvgIpc) is 3.13. The number of aromatic nitrogens is 3. The van der Waals surface area contributed by atoms with Gasteiger partial charge in [-0.05, 0) is 62.1 Å². The quantitative estimate of drug-likeness (QED) is 0.489. The van der Waals surface area contributed by atoms with Crippen LogP contribution in [0.25, 0.3) is 16.7 Å². The number of nitrogens with one attached hydrogen (secondary N) is 1. The third-order valence-electron chi connectivity index (χ3n) is 5.76. The molecule has 6 nitrogen and oxygen atoms in total. The van der Waals surface area contributed by atoms with E-state index in [2.05, 4.69) is 12.2 Å². The summed E-state index contributed by atoms with van der Waals surface area (Å²) in [6.07, 6.45) is 1.60. The smallest absolute Gasteiger partial charge is 0.252 e. The zero-order chi connectivity index (χ0) is 22.8. The molecule has 0 saturated carbocycles. The van der Waals surface area contributed by atoms with E-state index in [1.165, 1.54) is 4.57 Å². The minimum atomic E-state index is -0.250. The summed E-state index contributed by atoms with van der Waals surface area (Å²) in [6, 6.07) is 17.4. The maximum Gasteiger partial charge on any atom is 0.252 e. The highest BCUT2D eigenvalue weighted by Gasteiger charge is 2.19. The summed E-state index contributed by atoms with van der Waals surface area (Å²) >= 11 is 0. The molecule has 4 rings (SSSR count). The van der Waals surface area contributed by atoms with E-state index in [1.807, 2.05) is 69.3 Å². The first-order chi connectivity index (χ1) is 15.4. The molecule has 0 unspecified atom stereocenters. The van der Waals surface area contributed by atoms with Crippen molar-refractivity contribution in [2.24, 2.45) is 0 Å². The first-order valence-corrected chi connectivity index (χ1v) is 11.0. The summed E-state index contributed by atoms with van der Waals surface area (Å²) in [5.74, 6) is -0.250. The first kappa shape index (κ1) is 21.6. The number of nitrogens with zero attached hydrogens (tertiary/aromatic N) is 3. The predicted octanol–water partition coefficient (Wildman–Crippen LogP) is 4.57. The van der Waals surface area contributed by atoms with Gasteiger partial charge in [0, 0.05) is 17.1 Å². The van der Waals surface area contributed by atoms with Crippen molar-refractivity contribution < 1.29 is 4.79 Å². The first-order valence-electron chi connectivity index (χ1n) is 11.0. The van der Waals surface area contributed by atoms with E-state index in [1.54, 1.807) is 10.7 Å². The maximum absolute atomic E-state index is 13.1. The molecule has 0 fully saturated rings. The summed E-state index contributed by atoms with van der Waals surface area (Å²) in [6.45, 7) is 7.97. The Kier molecular flexibility index (Phi) is 5.95. The molecular weight excluding hydrogens is 400 g/mol. The highest BCUT2D eigenvalue weighted by molar-refractivity contribution is 5.92. The normalized spacial score (nSPS) is 11.1. The molecule has 2 aromatic carbocycles. The van der Waals surface area contributed by atoms with E-state index in [0.29, 0.717) is 12.1 Å². The molecule has 0 atom stereocenters. The monoisotopic (exact) mass is 428 g/mol. The van der Waals surface area contributed by atoms with E-state index < -0.39 is 0 Å². The SMILES string of the molecule is CCc1cccc(NC(=O)Cn2c(=O)cc(CC)c3c(C)nn(-c4ccc(C)cc4)c32)c1. The standard InChI is InChI=1S/C26H28N4O2/c1-5-19-8-7-9-21(14-19)27-23(31)16-29-24(32)15-20(6-2)25-18(4)28-30(26(25)29)22-12-10-17(3)11-13-22/h7-15H,5-6,16H2,1-4H3,(H,27,31). The maximum atomic E-state index is 13.1. The van der Waals surface area contributed by atoms with E-state index in [0.717, 1.165) is 45.6 Å². The van der Waals surface area contributed by atoms with Crippen LogP contribution >= 0.6 is 0 Å². The second-order valence-electron chi connectivity index (χ2n) is 8.08. The van der Waals surface area contributed by atoms with Crippen molar-refractivity contribution in [1.29, 1.82) is 0 Å². The van der Waals surface area contributed by atoms with Gasteiger partial charge >= 0.3 is 0 Å². The lowest BCUT2D eigenvalue weighted by Gasteiger charge is -2.13. The molecule has 6 heteroatoms. The molecule has 32 heavy (non-hydrogen) atoms. The molecule has 0 aliphatic heterocycles. The van der Waals surface area contributed by atoms with Crippen LogP contribution in [0.2, 0.25) is 0 Å². The van der Waals surface area contributed by atoms with Gasteiger partial charge in [-0.1, -0.05) is 43.7 Å². The number of amides is 1. The van der Waals surface area contributed by atoms with Gasteiger partial charge in [0.05, 0.1) is 11.4 Å². The van der Waals surface area contributed by atoms with Crippen molar-refractivity contribution in [2.75, 3.05) is 5.32 Å². The topological polar surface area (TPSA) is 68.9 Å². The van der Waals surface area contributed by atoms with Crippen molar-refractivity contribution in [3.63, 3.8) is 0 Å². The van der Waals surface area contributed by atoms with Crippen LogP contribution in [0.4, 0.5) is 5.69 Å². The van der Waals surface area contributed by atoms with Crippen molar-refractivity contribution >= 4 is 22.6 Å². The number of fused-ring (bicyclic) bond motifs is 1. The predicted molar refractivity (Wildman–Crippen MR) is 129 cm³/mol. The number of anilines is 1. The van der Waals surface area contributed by atoms with Gasteiger partial charge in [0.1, 0.15) is 12.2 Å². The number of rotatable bonds is 6. The van der Waals surface area contributed by atoms with Gasteiger partial charge < -0.3 is 5.32 Å². The fraction of sp³-hybridized carbons (Fsp3) is 0.269. The Labute approximate surface area is 187 Å². The summed E-state index contributed by atoms with van der Waals surface area (Å²) in [5, 5.41) is 8.59. The van der Waals surface area contributed by atoms with Crippen LogP contribution < -0.4 is 10.9 Å². The van der Waals surface area contributed by atoms with Crippen LogP contribution in [0, 0.1) is 13.8 Å². The molecule has 164 valence electrons. The van der Waals surface area contributed by atoms with Crippen LogP contribution in [-0.2, 0) is 24.2 Å². The molecule has 0 radical (unpaired) electrons. The van der Waals surface area contributed by atoms with Gasteiger partial charge in [0.15, 0.2) is 0 Å². The van der Waals surface area contributed by atoms with E-state index in [9.17, 15) is 9.59 Å².